The number of rotatable bonds is 6. The van der Waals surface area contributed by atoms with Crippen molar-refractivity contribution in [3.05, 3.63) is 28.8 Å². The van der Waals surface area contributed by atoms with Crippen molar-refractivity contribution in [1.29, 1.82) is 0 Å². The molecule has 0 bridgehead atoms. The van der Waals surface area contributed by atoms with E-state index in [-0.39, 0.29) is 30.4 Å². The van der Waals surface area contributed by atoms with Crippen molar-refractivity contribution in [1.82, 2.24) is 4.72 Å². The second-order valence-electron chi connectivity index (χ2n) is 3.69. The third-order valence-corrected chi connectivity index (χ3v) is 3.55. The summed E-state index contributed by atoms with van der Waals surface area (Å²) in [6.45, 7) is 0.662. The van der Waals surface area contributed by atoms with Crippen LogP contribution in [-0.2, 0) is 14.9 Å². The summed E-state index contributed by atoms with van der Waals surface area (Å²) in [4.78, 5) is 0. The van der Waals surface area contributed by atoms with Crippen molar-refractivity contribution in [2.75, 3.05) is 31.5 Å². The first-order valence-corrected chi connectivity index (χ1v) is 7.59. The molecule has 0 amide bonds. The number of nitrogens with two attached hydrogens (primary N) is 1. The molecule has 0 aliphatic carbocycles. The molecule has 0 fully saturated rings. The smallest absolute Gasteiger partial charge is 0.299 e. The fourth-order valence-corrected chi connectivity index (χ4v) is 2.40. The maximum absolute atomic E-state index is 11.8. The van der Waals surface area contributed by atoms with E-state index in [9.17, 15) is 8.42 Å². The second-order valence-corrected chi connectivity index (χ2v) is 5.60. The highest BCUT2D eigenvalue weighted by Gasteiger charge is 2.11. The maximum atomic E-state index is 11.8. The topological polar surface area (TPSA) is 93.4 Å². The standard InChI is InChI=1S/C12H16ClN3O3S/c1-19-8-7-15-20(17,18)16-12-9-10(3-2-6-14)4-5-11(12)13/h4-5,9,15-16H,6-8,14H2,1H3. The molecule has 4 N–H and O–H groups in total. The van der Waals surface area contributed by atoms with E-state index < -0.39 is 10.2 Å². The number of hydrogen-bond acceptors (Lipinski definition) is 4. The number of halogens is 1. The molecular weight excluding hydrogens is 302 g/mol. The lowest BCUT2D eigenvalue weighted by Gasteiger charge is -2.10. The summed E-state index contributed by atoms with van der Waals surface area (Å²) in [7, 11) is -2.22. The molecule has 0 aromatic heterocycles. The molecule has 0 saturated heterocycles. The van der Waals surface area contributed by atoms with Crippen LogP contribution in [0.3, 0.4) is 0 Å². The van der Waals surface area contributed by atoms with Gasteiger partial charge in [-0.3, -0.25) is 4.72 Å². The van der Waals surface area contributed by atoms with E-state index in [1.807, 2.05) is 0 Å². The van der Waals surface area contributed by atoms with Crippen LogP contribution in [0.4, 0.5) is 5.69 Å². The third kappa shape index (κ3) is 5.77. The lowest BCUT2D eigenvalue weighted by atomic mass is 10.2. The summed E-state index contributed by atoms with van der Waals surface area (Å²) in [5, 5.41) is 0.278. The van der Waals surface area contributed by atoms with Crippen molar-refractivity contribution in [3.8, 4) is 11.8 Å². The molecule has 0 aliphatic rings. The van der Waals surface area contributed by atoms with Gasteiger partial charge in [0.1, 0.15) is 0 Å². The number of anilines is 1. The van der Waals surface area contributed by atoms with Crippen LogP contribution < -0.4 is 15.2 Å². The van der Waals surface area contributed by atoms with E-state index in [2.05, 4.69) is 21.3 Å². The lowest BCUT2D eigenvalue weighted by molar-refractivity contribution is 0.204. The molecule has 20 heavy (non-hydrogen) atoms. The Morgan fingerprint density at radius 3 is 2.85 bits per heavy atom. The zero-order valence-corrected chi connectivity index (χ0v) is 12.5. The van der Waals surface area contributed by atoms with Crippen LogP contribution in [0.5, 0.6) is 0 Å². The molecule has 0 atom stereocenters. The van der Waals surface area contributed by atoms with Crippen LogP contribution in [0.2, 0.25) is 5.02 Å². The zero-order valence-electron chi connectivity index (χ0n) is 10.9. The second kappa shape index (κ2) is 8.09. The molecular formula is C12H16ClN3O3S. The Bertz CT molecular complexity index is 608. The van der Waals surface area contributed by atoms with Crippen molar-refractivity contribution >= 4 is 27.5 Å². The summed E-state index contributed by atoms with van der Waals surface area (Å²) >= 11 is 5.95. The van der Waals surface area contributed by atoms with Gasteiger partial charge in [0.05, 0.1) is 23.9 Å². The molecule has 0 aliphatic heterocycles. The minimum atomic E-state index is -3.70. The monoisotopic (exact) mass is 317 g/mol. The molecule has 0 saturated carbocycles. The highest BCUT2D eigenvalue weighted by Crippen LogP contribution is 2.23. The van der Waals surface area contributed by atoms with E-state index in [1.54, 1.807) is 18.2 Å². The number of nitrogens with one attached hydrogen (secondary N) is 2. The Morgan fingerprint density at radius 1 is 1.45 bits per heavy atom. The minimum absolute atomic E-state index is 0.163. The van der Waals surface area contributed by atoms with Gasteiger partial charge >= 0.3 is 0 Å². The molecule has 1 aromatic carbocycles. The average Bonchev–Trinajstić information content (AvgIpc) is 2.39. The fraction of sp³-hybridized carbons (Fsp3) is 0.333. The Kier molecular flexibility index (Phi) is 6.78. The fourth-order valence-electron chi connectivity index (χ4n) is 1.29. The molecule has 110 valence electrons. The largest absolute Gasteiger partial charge is 0.383 e. The van der Waals surface area contributed by atoms with Crippen molar-refractivity contribution in [2.24, 2.45) is 5.73 Å². The third-order valence-electron chi connectivity index (χ3n) is 2.14. The van der Waals surface area contributed by atoms with Crippen molar-refractivity contribution in [3.63, 3.8) is 0 Å². The van der Waals surface area contributed by atoms with Gasteiger partial charge in [-0.15, -0.1) is 0 Å². The van der Waals surface area contributed by atoms with Crippen LogP contribution in [-0.4, -0.2) is 35.2 Å². The first-order chi connectivity index (χ1) is 9.48. The van der Waals surface area contributed by atoms with Gasteiger partial charge in [-0.05, 0) is 18.2 Å². The average molecular weight is 318 g/mol. The molecule has 8 heteroatoms. The molecule has 0 heterocycles. The molecule has 0 unspecified atom stereocenters. The van der Waals surface area contributed by atoms with Gasteiger partial charge in [0.15, 0.2) is 0 Å². The normalized spacial score (nSPS) is 10.8. The lowest BCUT2D eigenvalue weighted by Crippen LogP contribution is -2.32. The van der Waals surface area contributed by atoms with Crippen LogP contribution in [0.15, 0.2) is 18.2 Å². The number of methoxy groups -OCH3 is 1. The first kappa shape index (κ1) is 16.8. The van der Waals surface area contributed by atoms with E-state index in [1.165, 1.54) is 7.11 Å². The van der Waals surface area contributed by atoms with Gasteiger partial charge < -0.3 is 10.5 Å². The molecule has 0 radical (unpaired) electrons. The van der Waals surface area contributed by atoms with Gasteiger partial charge in [0.25, 0.3) is 10.2 Å². The molecule has 1 rings (SSSR count). The Balaban J connectivity index is 2.85. The van der Waals surface area contributed by atoms with Gasteiger partial charge in [-0.25, -0.2) is 0 Å². The summed E-state index contributed by atoms with van der Waals surface area (Å²) in [6, 6.07) is 4.79. The Labute approximate surface area is 123 Å². The molecule has 6 nitrogen and oxygen atoms in total. The van der Waals surface area contributed by atoms with Crippen LogP contribution in [0, 0.1) is 11.8 Å². The van der Waals surface area contributed by atoms with E-state index >= 15 is 0 Å². The molecule has 0 spiro atoms. The number of hydrogen-bond donors (Lipinski definition) is 3. The number of ether oxygens (including phenoxy) is 1. The van der Waals surface area contributed by atoms with E-state index in [4.69, 9.17) is 22.1 Å². The van der Waals surface area contributed by atoms with Gasteiger partial charge in [-0.1, -0.05) is 23.4 Å². The SMILES string of the molecule is COCCNS(=O)(=O)Nc1cc(C#CCN)ccc1Cl. The van der Waals surface area contributed by atoms with E-state index in [0.717, 1.165) is 0 Å². The Morgan fingerprint density at radius 2 is 2.20 bits per heavy atom. The first-order valence-electron chi connectivity index (χ1n) is 5.73. The van der Waals surface area contributed by atoms with Crippen molar-refractivity contribution in [2.45, 2.75) is 0 Å². The van der Waals surface area contributed by atoms with E-state index in [0.29, 0.717) is 5.56 Å². The van der Waals surface area contributed by atoms with Crippen LogP contribution in [0.25, 0.3) is 0 Å². The summed E-state index contributed by atoms with van der Waals surface area (Å²) in [5.74, 6) is 5.48. The Hall–Kier alpha value is -1.30. The molecule has 1 aromatic rings. The predicted molar refractivity (Wildman–Crippen MR) is 79.8 cm³/mol. The van der Waals surface area contributed by atoms with Crippen molar-refractivity contribution < 1.29 is 13.2 Å². The van der Waals surface area contributed by atoms with Gasteiger partial charge in [-0.2, -0.15) is 13.1 Å². The summed E-state index contributed by atoms with van der Waals surface area (Å²) in [6.07, 6.45) is 0. The summed E-state index contributed by atoms with van der Waals surface area (Å²) in [5.41, 5.74) is 6.15. The highest BCUT2D eigenvalue weighted by atomic mass is 35.5. The van der Waals surface area contributed by atoms with Gasteiger partial charge in [0, 0.05) is 19.2 Å². The maximum Gasteiger partial charge on any atom is 0.299 e. The highest BCUT2D eigenvalue weighted by molar-refractivity contribution is 7.90. The van der Waals surface area contributed by atoms with Crippen LogP contribution >= 0.6 is 11.6 Å². The quantitative estimate of drug-likeness (QED) is 0.527. The van der Waals surface area contributed by atoms with Crippen LogP contribution in [0.1, 0.15) is 5.56 Å². The van der Waals surface area contributed by atoms with Gasteiger partial charge in [0.2, 0.25) is 0 Å². The number of benzene rings is 1. The predicted octanol–water partition coefficient (Wildman–Crippen LogP) is 0.543. The zero-order chi connectivity index (χ0) is 15.0. The summed E-state index contributed by atoms with van der Waals surface area (Å²) < 4.78 is 32.9. The minimum Gasteiger partial charge on any atom is -0.383 e.